The van der Waals surface area contributed by atoms with Gasteiger partial charge in [0.05, 0.1) is 23.2 Å². The summed E-state index contributed by atoms with van der Waals surface area (Å²) in [5, 5.41) is 3.11. The standard InChI is InChI=1S/C15H23FN2O2S/c1-3-17-15(14-8-7-12(16)10-18-14)11-5-4-6-13(9-11)21(2,19)20/h7-8,10-11,13,15,17H,3-6,9H2,1-2H3. The summed E-state index contributed by atoms with van der Waals surface area (Å²) in [7, 11) is -3.00. The van der Waals surface area contributed by atoms with Crippen molar-refractivity contribution in [3.8, 4) is 0 Å². The highest BCUT2D eigenvalue weighted by Crippen LogP contribution is 2.36. The molecule has 1 heterocycles. The van der Waals surface area contributed by atoms with Crippen LogP contribution >= 0.6 is 0 Å². The maximum absolute atomic E-state index is 13.0. The van der Waals surface area contributed by atoms with Gasteiger partial charge in [-0.25, -0.2) is 12.8 Å². The van der Waals surface area contributed by atoms with Crippen molar-refractivity contribution >= 4 is 9.84 Å². The first-order valence-electron chi connectivity index (χ1n) is 7.45. The van der Waals surface area contributed by atoms with Crippen LogP contribution in [0, 0.1) is 11.7 Å². The summed E-state index contributed by atoms with van der Waals surface area (Å²) in [5.41, 5.74) is 0.789. The van der Waals surface area contributed by atoms with Gasteiger partial charge in [-0.15, -0.1) is 0 Å². The fourth-order valence-corrected chi connectivity index (χ4v) is 4.37. The summed E-state index contributed by atoms with van der Waals surface area (Å²) in [6, 6.07) is 3.08. The summed E-state index contributed by atoms with van der Waals surface area (Å²) in [5.74, 6) is -0.136. The van der Waals surface area contributed by atoms with Gasteiger partial charge in [0.2, 0.25) is 0 Å². The summed E-state index contributed by atoms with van der Waals surface area (Å²) in [6.45, 7) is 2.77. The van der Waals surface area contributed by atoms with Crippen molar-refractivity contribution in [3.63, 3.8) is 0 Å². The van der Waals surface area contributed by atoms with E-state index in [0.29, 0.717) is 6.42 Å². The summed E-state index contributed by atoms with van der Waals surface area (Å²) in [6.07, 6.45) is 5.81. The molecule has 2 rings (SSSR count). The Morgan fingerprint density at radius 2 is 2.19 bits per heavy atom. The van der Waals surface area contributed by atoms with Gasteiger partial charge in [0.25, 0.3) is 0 Å². The zero-order valence-electron chi connectivity index (χ0n) is 12.5. The molecule has 1 N–H and O–H groups in total. The van der Waals surface area contributed by atoms with Gasteiger partial charge in [-0.05, 0) is 43.9 Å². The topological polar surface area (TPSA) is 59.1 Å². The van der Waals surface area contributed by atoms with Crippen LogP contribution in [0.2, 0.25) is 0 Å². The quantitative estimate of drug-likeness (QED) is 0.907. The van der Waals surface area contributed by atoms with E-state index >= 15 is 0 Å². The summed E-state index contributed by atoms with van der Waals surface area (Å²) >= 11 is 0. The molecular weight excluding hydrogens is 291 g/mol. The zero-order valence-corrected chi connectivity index (χ0v) is 13.4. The van der Waals surface area contributed by atoms with E-state index in [0.717, 1.165) is 31.5 Å². The lowest BCUT2D eigenvalue weighted by atomic mass is 9.82. The highest BCUT2D eigenvalue weighted by atomic mass is 32.2. The Balaban J connectivity index is 2.19. The predicted molar refractivity (Wildman–Crippen MR) is 81.2 cm³/mol. The van der Waals surface area contributed by atoms with Crippen LogP contribution in [0.3, 0.4) is 0 Å². The third kappa shape index (κ3) is 4.23. The highest BCUT2D eigenvalue weighted by molar-refractivity contribution is 7.91. The molecule has 0 spiro atoms. The van der Waals surface area contributed by atoms with Gasteiger partial charge in [0, 0.05) is 6.26 Å². The third-order valence-corrected chi connectivity index (χ3v) is 5.88. The maximum Gasteiger partial charge on any atom is 0.150 e. The van der Waals surface area contributed by atoms with Crippen molar-refractivity contribution in [2.45, 2.75) is 43.9 Å². The van der Waals surface area contributed by atoms with Crippen LogP contribution in [-0.2, 0) is 9.84 Å². The average molecular weight is 314 g/mol. The second kappa shape index (κ2) is 6.83. The molecule has 1 aliphatic carbocycles. The average Bonchev–Trinajstić information content (AvgIpc) is 2.45. The Morgan fingerprint density at radius 1 is 1.43 bits per heavy atom. The molecule has 6 heteroatoms. The van der Waals surface area contributed by atoms with E-state index < -0.39 is 9.84 Å². The number of aromatic nitrogens is 1. The van der Waals surface area contributed by atoms with E-state index in [1.54, 1.807) is 6.07 Å². The van der Waals surface area contributed by atoms with Crippen molar-refractivity contribution in [2.75, 3.05) is 12.8 Å². The number of hydrogen-bond acceptors (Lipinski definition) is 4. The molecule has 3 unspecified atom stereocenters. The van der Waals surface area contributed by atoms with Crippen LogP contribution in [0.1, 0.15) is 44.3 Å². The van der Waals surface area contributed by atoms with Crippen LogP contribution in [0.5, 0.6) is 0 Å². The van der Waals surface area contributed by atoms with Crippen molar-refractivity contribution in [1.29, 1.82) is 0 Å². The third-order valence-electron chi connectivity index (χ3n) is 4.24. The van der Waals surface area contributed by atoms with Crippen molar-refractivity contribution < 1.29 is 12.8 Å². The molecule has 0 aliphatic heterocycles. The molecule has 4 nitrogen and oxygen atoms in total. The predicted octanol–water partition coefficient (Wildman–Crippen LogP) is 2.47. The van der Waals surface area contributed by atoms with Crippen molar-refractivity contribution in [3.05, 3.63) is 29.8 Å². The Hall–Kier alpha value is -1.01. The molecule has 0 bridgehead atoms. The first-order valence-corrected chi connectivity index (χ1v) is 9.41. The number of sulfone groups is 1. The second-order valence-electron chi connectivity index (χ2n) is 5.81. The highest BCUT2D eigenvalue weighted by Gasteiger charge is 2.33. The van der Waals surface area contributed by atoms with E-state index in [9.17, 15) is 12.8 Å². The minimum atomic E-state index is -3.00. The minimum Gasteiger partial charge on any atom is -0.309 e. The number of pyridine rings is 1. The number of nitrogens with zero attached hydrogens (tertiary/aromatic N) is 1. The van der Waals surface area contributed by atoms with E-state index in [4.69, 9.17) is 0 Å². The van der Waals surface area contributed by atoms with Crippen LogP contribution in [0.4, 0.5) is 4.39 Å². The SMILES string of the molecule is CCNC(c1ccc(F)cn1)C1CCCC(S(C)(=O)=O)C1. The number of halogens is 1. The van der Waals surface area contributed by atoms with Gasteiger partial charge in [-0.1, -0.05) is 13.3 Å². The van der Waals surface area contributed by atoms with Gasteiger partial charge in [0.1, 0.15) is 15.7 Å². The molecule has 1 fully saturated rings. The molecule has 1 aliphatic rings. The Bertz CT molecular complexity index is 560. The lowest BCUT2D eigenvalue weighted by Crippen LogP contribution is -2.36. The molecule has 1 saturated carbocycles. The molecule has 118 valence electrons. The van der Waals surface area contributed by atoms with E-state index in [1.807, 2.05) is 6.92 Å². The van der Waals surface area contributed by atoms with Crippen molar-refractivity contribution in [1.82, 2.24) is 10.3 Å². The largest absolute Gasteiger partial charge is 0.309 e. The first-order chi connectivity index (χ1) is 9.91. The fourth-order valence-electron chi connectivity index (χ4n) is 3.18. The van der Waals surface area contributed by atoms with Gasteiger partial charge < -0.3 is 5.32 Å². The smallest absolute Gasteiger partial charge is 0.150 e. The lowest BCUT2D eigenvalue weighted by Gasteiger charge is -2.34. The Labute approximate surface area is 126 Å². The Morgan fingerprint density at radius 3 is 2.76 bits per heavy atom. The first kappa shape index (κ1) is 16.4. The van der Waals surface area contributed by atoms with Crippen LogP contribution in [0.25, 0.3) is 0 Å². The fraction of sp³-hybridized carbons (Fsp3) is 0.667. The molecule has 1 aromatic heterocycles. The number of hydrogen-bond donors (Lipinski definition) is 1. The van der Waals surface area contributed by atoms with Crippen LogP contribution < -0.4 is 5.32 Å². The molecule has 0 aromatic carbocycles. The zero-order chi connectivity index (χ0) is 15.5. The molecule has 0 amide bonds. The Kier molecular flexibility index (Phi) is 5.32. The van der Waals surface area contributed by atoms with Gasteiger partial charge in [-0.2, -0.15) is 0 Å². The molecule has 3 atom stereocenters. The molecular formula is C15H23FN2O2S. The normalized spacial score (nSPS) is 24.7. The second-order valence-corrected chi connectivity index (χ2v) is 8.14. The summed E-state index contributed by atoms with van der Waals surface area (Å²) < 4.78 is 36.6. The monoisotopic (exact) mass is 314 g/mol. The molecule has 21 heavy (non-hydrogen) atoms. The number of nitrogens with one attached hydrogen (secondary N) is 1. The summed E-state index contributed by atoms with van der Waals surface area (Å²) in [4.78, 5) is 4.17. The molecule has 0 saturated heterocycles. The minimum absolute atomic E-state index is 0.0138. The number of rotatable bonds is 5. The van der Waals surface area contributed by atoms with Crippen molar-refractivity contribution in [2.24, 2.45) is 5.92 Å². The van der Waals surface area contributed by atoms with Gasteiger partial charge in [0.15, 0.2) is 0 Å². The van der Waals surface area contributed by atoms with E-state index in [1.165, 1.54) is 18.5 Å². The lowest BCUT2D eigenvalue weighted by molar-refractivity contribution is 0.271. The van der Waals surface area contributed by atoms with Gasteiger partial charge in [-0.3, -0.25) is 4.98 Å². The maximum atomic E-state index is 13.0. The van der Waals surface area contributed by atoms with Crippen LogP contribution in [0.15, 0.2) is 18.3 Å². The van der Waals surface area contributed by atoms with Gasteiger partial charge >= 0.3 is 0 Å². The van der Waals surface area contributed by atoms with E-state index in [-0.39, 0.29) is 23.0 Å². The van der Waals surface area contributed by atoms with Crippen LogP contribution in [-0.4, -0.2) is 31.5 Å². The molecule has 0 radical (unpaired) electrons. The van der Waals surface area contributed by atoms with E-state index in [2.05, 4.69) is 10.3 Å². The molecule has 1 aromatic rings.